The number of halogens is 1. The van der Waals surface area contributed by atoms with Crippen molar-refractivity contribution in [2.45, 2.75) is 13.8 Å². The number of hydrogen-bond donors (Lipinski definition) is 1. The van der Waals surface area contributed by atoms with Gasteiger partial charge in [-0.05, 0) is 60.9 Å². The van der Waals surface area contributed by atoms with Crippen LogP contribution in [0.3, 0.4) is 0 Å². The van der Waals surface area contributed by atoms with E-state index in [-0.39, 0.29) is 5.69 Å². The number of aromatic nitrogens is 1. The van der Waals surface area contributed by atoms with Crippen LogP contribution in [-0.2, 0) is 4.79 Å². The van der Waals surface area contributed by atoms with Gasteiger partial charge in [-0.2, -0.15) is 0 Å². The van der Waals surface area contributed by atoms with E-state index in [2.05, 4.69) is 5.32 Å². The Hall–Kier alpha value is -3.57. The minimum atomic E-state index is -0.692. The zero-order valence-electron chi connectivity index (χ0n) is 17.4. The van der Waals surface area contributed by atoms with Gasteiger partial charge < -0.3 is 14.5 Å². The maximum Gasteiger partial charge on any atom is 0.298 e. The van der Waals surface area contributed by atoms with Gasteiger partial charge in [0, 0.05) is 23.0 Å². The number of para-hydroxylation sites is 1. The molecule has 0 saturated carbocycles. The molecule has 0 aliphatic rings. The number of aryl methyl sites for hydroxylation is 2. The van der Waals surface area contributed by atoms with Crippen LogP contribution in [0.15, 0.2) is 66.9 Å². The van der Waals surface area contributed by atoms with Gasteiger partial charge in [0.25, 0.3) is 11.7 Å². The number of fused-ring (bicyclic) bond motifs is 1. The summed E-state index contributed by atoms with van der Waals surface area (Å²) in [5.41, 5.74) is 4.85. The smallest absolute Gasteiger partial charge is 0.298 e. The number of ether oxygens (including phenoxy) is 1. The molecule has 4 rings (SSSR count). The van der Waals surface area contributed by atoms with E-state index in [0.29, 0.717) is 22.0 Å². The lowest BCUT2D eigenvalue weighted by Crippen LogP contribution is -2.25. The molecule has 0 radical (unpaired) electrons. The molecule has 0 saturated heterocycles. The first kappa shape index (κ1) is 20.7. The molecule has 0 aliphatic carbocycles. The third-order valence-corrected chi connectivity index (χ3v) is 5.58. The quantitative estimate of drug-likeness (QED) is 0.324. The summed E-state index contributed by atoms with van der Waals surface area (Å²) >= 11 is 6.32. The number of anilines is 1. The van der Waals surface area contributed by atoms with Crippen molar-refractivity contribution >= 4 is 34.5 Å². The van der Waals surface area contributed by atoms with Crippen LogP contribution in [-0.4, -0.2) is 23.2 Å². The Labute approximate surface area is 185 Å². The maximum absolute atomic E-state index is 13.4. The van der Waals surface area contributed by atoms with E-state index < -0.39 is 11.7 Å². The van der Waals surface area contributed by atoms with Crippen molar-refractivity contribution in [1.82, 2.24) is 4.40 Å². The molecule has 0 aliphatic heterocycles. The van der Waals surface area contributed by atoms with Crippen molar-refractivity contribution in [2.24, 2.45) is 0 Å². The summed E-state index contributed by atoms with van der Waals surface area (Å²) < 4.78 is 6.95. The van der Waals surface area contributed by atoms with E-state index >= 15 is 0 Å². The molecular weight excluding hydrogens is 412 g/mol. The summed E-state index contributed by atoms with van der Waals surface area (Å²) in [7, 11) is 1.54. The van der Waals surface area contributed by atoms with Gasteiger partial charge >= 0.3 is 0 Å². The number of pyridine rings is 1. The van der Waals surface area contributed by atoms with Crippen LogP contribution >= 0.6 is 11.6 Å². The summed E-state index contributed by atoms with van der Waals surface area (Å²) in [6.07, 6.45) is 1.77. The van der Waals surface area contributed by atoms with Crippen molar-refractivity contribution in [2.75, 3.05) is 12.4 Å². The van der Waals surface area contributed by atoms with Crippen molar-refractivity contribution in [3.63, 3.8) is 0 Å². The molecule has 2 aromatic carbocycles. The SMILES string of the molecule is COc1ccc(-c2cc3ccccn3c2C(=O)C(=O)Nc2c(C)cccc2C)cc1Cl. The highest BCUT2D eigenvalue weighted by molar-refractivity contribution is 6.47. The first-order chi connectivity index (χ1) is 14.9. The lowest BCUT2D eigenvalue weighted by atomic mass is 10.0. The molecule has 0 atom stereocenters. The predicted molar refractivity (Wildman–Crippen MR) is 123 cm³/mol. The summed E-state index contributed by atoms with van der Waals surface area (Å²) in [4.78, 5) is 26.3. The fourth-order valence-corrected chi connectivity index (χ4v) is 3.96. The van der Waals surface area contributed by atoms with E-state index in [9.17, 15) is 9.59 Å². The summed E-state index contributed by atoms with van der Waals surface area (Å²) in [6.45, 7) is 3.79. The van der Waals surface area contributed by atoms with Crippen LogP contribution in [0.5, 0.6) is 5.75 Å². The molecule has 0 spiro atoms. The van der Waals surface area contributed by atoms with Crippen molar-refractivity contribution < 1.29 is 14.3 Å². The number of rotatable bonds is 5. The molecule has 1 N–H and O–H groups in total. The second kappa shape index (κ2) is 8.28. The molecular formula is C25H21ClN2O3. The molecule has 0 bridgehead atoms. The molecule has 2 aromatic heterocycles. The zero-order chi connectivity index (χ0) is 22.1. The minimum Gasteiger partial charge on any atom is -0.495 e. The van der Waals surface area contributed by atoms with Crippen molar-refractivity contribution in [3.05, 3.63) is 88.7 Å². The highest BCUT2D eigenvalue weighted by atomic mass is 35.5. The van der Waals surface area contributed by atoms with Crippen LogP contribution in [0.4, 0.5) is 5.69 Å². The lowest BCUT2D eigenvalue weighted by molar-refractivity contribution is -0.112. The summed E-state index contributed by atoms with van der Waals surface area (Å²) in [5.74, 6) is -0.785. The van der Waals surface area contributed by atoms with Gasteiger partial charge in [0.15, 0.2) is 0 Å². The van der Waals surface area contributed by atoms with Crippen LogP contribution in [0.1, 0.15) is 21.6 Å². The van der Waals surface area contributed by atoms with Crippen molar-refractivity contribution in [3.8, 4) is 16.9 Å². The molecule has 5 nitrogen and oxygen atoms in total. The minimum absolute atomic E-state index is 0.278. The molecule has 0 unspecified atom stereocenters. The second-order valence-electron chi connectivity index (χ2n) is 7.30. The highest BCUT2D eigenvalue weighted by Crippen LogP contribution is 2.34. The number of nitrogens with zero attached hydrogens (tertiary/aromatic N) is 1. The van der Waals surface area contributed by atoms with Gasteiger partial charge in [0.2, 0.25) is 0 Å². The number of carbonyl (C=O) groups excluding carboxylic acids is 2. The Balaban J connectivity index is 1.81. The van der Waals surface area contributed by atoms with Gasteiger partial charge in [-0.15, -0.1) is 0 Å². The summed E-state index contributed by atoms with van der Waals surface area (Å²) in [5, 5.41) is 3.22. The van der Waals surface area contributed by atoms with E-state index in [1.807, 2.05) is 62.4 Å². The number of hydrogen-bond acceptors (Lipinski definition) is 3. The Morgan fingerprint density at radius 2 is 1.71 bits per heavy atom. The van der Waals surface area contributed by atoms with Crippen LogP contribution in [0.25, 0.3) is 16.6 Å². The second-order valence-corrected chi connectivity index (χ2v) is 7.71. The van der Waals surface area contributed by atoms with Crippen LogP contribution in [0.2, 0.25) is 5.02 Å². The molecule has 31 heavy (non-hydrogen) atoms. The first-order valence-electron chi connectivity index (χ1n) is 9.76. The Morgan fingerprint density at radius 3 is 2.39 bits per heavy atom. The average Bonchev–Trinajstić information content (AvgIpc) is 3.15. The molecule has 2 heterocycles. The molecule has 0 fully saturated rings. The number of Topliss-reactive ketones (excluding diaryl/α,β-unsaturated/α-hetero) is 1. The standard InChI is InChI=1S/C25H21ClN2O3/c1-15-7-6-8-16(2)22(15)27-25(30)24(29)23-19(14-18-9-4-5-12-28(18)23)17-10-11-21(31-3)20(26)13-17/h4-14H,1-3H3,(H,27,30). The molecule has 4 aromatic rings. The fourth-order valence-electron chi connectivity index (χ4n) is 3.70. The van der Waals surface area contributed by atoms with Gasteiger partial charge in [0.1, 0.15) is 11.4 Å². The lowest BCUT2D eigenvalue weighted by Gasteiger charge is -2.12. The van der Waals surface area contributed by atoms with Gasteiger partial charge in [-0.25, -0.2) is 0 Å². The topological polar surface area (TPSA) is 59.8 Å². The van der Waals surface area contributed by atoms with E-state index in [1.165, 1.54) is 0 Å². The van der Waals surface area contributed by atoms with E-state index in [0.717, 1.165) is 22.2 Å². The van der Waals surface area contributed by atoms with Gasteiger partial charge in [0.05, 0.1) is 12.1 Å². The van der Waals surface area contributed by atoms with E-state index in [4.69, 9.17) is 16.3 Å². The predicted octanol–water partition coefficient (Wildman–Crippen LogP) is 5.71. The first-order valence-corrected chi connectivity index (χ1v) is 10.1. The molecule has 1 amide bonds. The van der Waals surface area contributed by atoms with Crippen LogP contribution in [0, 0.1) is 13.8 Å². The largest absolute Gasteiger partial charge is 0.495 e. The number of nitrogens with one attached hydrogen (secondary N) is 1. The number of carbonyl (C=O) groups is 2. The molecule has 156 valence electrons. The van der Waals surface area contributed by atoms with Crippen LogP contribution < -0.4 is 10.1 Å². The third-order valence-electron chi connectivity index (χ3n) is 5.28. The zero-order valence-corrected chi connectivity index (χ0v) is 18.2. The number of methoxy groups -OCH3 is 1. The fraction of sp³-hybridized carbons (Fsp3) is 0.120. The normalized spacial score (nSPS) is 10.8. The Kier molecular flexibility index (Phi) is 5.53. The van der Waals surface area contributed by atoms with Crippen molar-refractivity contribution in [1.29, 1.82) is 0 Å². The Morgan fingerprint density at radius 1 is 0.968 bits per heavy atom. The van der Waals surface area contributed by atoms with Gasteiger partial charge in [-0.1, -0.05) is 41.9 Å². The van der Waals surface area contributed by atoms with E-state index in [1.54, 1.807) is 29.8 Å². The maximum atomic E-state index is 13.4. The third kappa shape index (κ3) is 3.80. The number of benzene rings is 2. The molecule has 6 heteroatoms. The summed E-state index contributed by atoms with van der Waals surface area (Å²) in [6, 6.07) is 18.4. The highest BCUT2D eigenvalue weighted by Gasteiger charge is 2.25. The monoisotopic (exact) mass is 432 g/mol. The number of amides is 1. The number of ketones is 1. The van der Waals surface area contributed by atoms with Gasteiger partial charge in [-0.3, -0.25) is 9.59 Å². The Bertz CT molecular complexity index is 1300. The average molecular weight is 433 g/mol.